The van der Waals surface area contributed by atoms with Gasteiger partial charge < -0.3 is 10.7 Å². The highest BCUT2D eigenvalue weighted by Crippen LogP contribution is 2.34. The number of hydrogen-bond donors (Lipinski definition) is 2. The van der Waals surface area contributed by atoms with E-state index in [1.54, 1.807) is 24.3 Å². The molecule has 2 heterocycles. The molecule has 5 heteroatoms. The molecule has 2 aromatic heterocycles. The Morgan fingerprint density at radius 3 is 2.54 bits per heavy atom. The quantitative estimate of drug-likeness (QED) is 0.592. The minimum absolute atomic E-state index is 0.224. The first kappa shape index (κ1) is 16.2. The van der Waals surface area contributed by atoms with Crippen molar-refractivity contribution in [1.29, 1.82) is 0 Å². The number of pyridine rings is 2. The van der Waals surface area contributed by atoms with Crippen LogP contribution >= 0.6 is 0 Å². The maximum Gasteiger partial charge on any atom is 0.257 e. The molecule has 128 valence electrons. The summed E-state index contributed by atoms with van der Waals surface area (Å²) >= 11 is 0. The molecule has 0 bridgehead atoms. The van der Waals surface area contributed by atoms with Crippen molar-refractivity contribution in [3.05, 3.63) is 88.6 Å². The molecule has 0 saturated heterocycles. The number of fused-ring (bicyclic) bond motifs is 1. The number of aromatic amines is 1. The average molecular weight is 345 g/mol. The maximum absolute atomic E-state index is 14.7. The lowest BCUT2D eigenvalue weighted by Gasteiger charge is -2.12. The molecular formula is C21H16FN3O. The predicted octanol–water partition coefficient (Wildman–Crippen LogP) is 3.85. The van der Waals surface area contributed by atoms with Crippen LogP contribution in [0.15, 0.2) is 71.7 Å². The number of aromatic nitrogens is 2. The van der Waals surface area contributed by atoms with Crippen LogP contribution in [0, 0.1) is 5.82 Å². The Morgan fingerprint density at radius 2 is 1.81 bits per heavy atom. The maximum atomic E-state index is 14.7. The SMILES string of the molecule is NCc1ccc(-c2nc3cc[nH]c(=O)c3cc2-c2ccccc2)c(F)c1. The van der Waals surface area contributed by atoms with Gasteiger partial charge in [0.2, 0.25) is 0 Å². The minimum atomic E-state index is -0.387. The molecule has 0 fully saturated rings. The molecule has 0 atom stereocenters. The summed E-state index contributed by atoms with van der Waals surface area (Å²) in [5.41, 5.74) is 9.05. The highest BCUT2D eigenvalue weighted by atomic mass is 19.1. The summed E-state index contributed by atoms with van der Waals surface area (Å²) < 4.78 is 14.7. The van der Waals surface area contributed by atoms with Gasteiger partial charge in [-0.1, -0.05) is 36.4 Å². The van der Waals surface area contributed by atoms with Gasteiger partial charge in [0.1, 0.15) is 5.82 Å². The van der Waals surface area contributed by atoms with Crippen LogP contribution in [0.2, 0.25) is 0 Å². The molecule has 4 aromatic rings. The molecule has 0 aliphatic carbocycles. The Morgan fingerprint density at radius 1 is 1.00 bits per heavy atom. The zero-order valence-corrected chi connectivity index (χ0v) is 13.9. The van der Waals surface area contributed by atoms with Gasteiger partial charge in [-0.2, -0.15) is 0 Å². The van der Waals surface area contributed by atoms with Crippen molar-refractivity contribution < 1.29 is 4.39 Å². The van der Waals surface area contributed by atoms with E-state index in [9.17, 15) is 9.18 Å². The van der Waals surface area contributed by atoms with Crippen molar-refractivity contribution in [2.24, 2.45) is 5.73 Å². The molecule has 3 N–H and O–H groups in total. The van der Waals surface area contributed by atoms with E-state index in [1.807, 2.05) is 30.3 Å². The zero-order valence-electron chi connectivity index (χ0n) is 13.9. The van der Waals surface area contributed by atoms with E-state index in [2.05, 4.69) is 9.97 Å². The fourth-order valence-corrected chi connectivity index (χ4v) is 3.03. The third-order valence-corrected chi connectivity index (χ3v) is 4.36. The van der Waals surface area contributed by atoms with Gasteiger partial charge in [-0.25, -0.2) is 9.37 Å². The summed E-state index contributed by atoms with van der Waals surface area (Å²) in [7, 11) is 0. The lowest BCUT2D eigenvalue weighted by Crippen LogP contribution is -2.06. The Kier molecular flexibility index (Phi) is 4.07. The number of nitrogens with two attached hydrogens (primary N) is 1. The van der Waals surface area contributed by atoms with Crippen LogP contribution in [0.1, 0.15) is 5.56 Å². The largest absolute Gasteiger partial charge is 0.328 e. The molecule has 0 saturated carbocycles. The van der Waals surface area contributed by atoms with Crippen molar-refractivity contribution >= 4 is 10.9 Å². The molecule has 4 rings (SSSR count). The van der Waals surface area contributed by atoms with Gasteiger partial charge in [0, 0.05) is 23.9 Å². The number of benzene rings is 2. The van der Waals surface area contributed by atoms with Gasteiger partial charge in [0.05, 0.1) is 16.6 Å². The second-order valence-corrected chi connectivity index (χ2v) is 6.01. The van der Waals surface area contributed by atoms with Gasteiger partial charge in [0.15, 0.2) is 0 Å². The lowest BCUT2D eigenvalue weighted by atomic mass is 9.97. The van der Waals surface area contributed by atoms with E-state index in [4.69, 9.17) is 5.73 Å². The number of rotatable bonds is 3. The molecule has 0 spiro atoms. The van der Waals surface area contributed by atoms with Crippen molar-refractivity contribution in [2.75, 3.05) is 0 Å². The van der Waals surface area contributed by atoms with Crippen LogP contribution in [0.3, 0.4) is 0 Å². The van der Waals surface area contributed by atoms with Gasteiger partial charge >= 0.3 is 0 Å². The number of H-pyrrole nitrogens is 1. The average Bonchev–Trinajstić information content (AvgIpc) is 2.68. The van der Waals surface area contributed by atoms with Crippen LogP contribution in [0.4, 0.5) is 4.39 Å². The molecule has 4 nitrogen and oxygen atoms in total. The zero-order chi connectivity index (χ0) is 18.1. The van der Waals surface area contributed by atoms with Gasteiger partial charge in [0.25, 0.3) is 5.56 Å². The van der Waals surface area contributed by atoms with Gasteiger partial charge in [-0.05, 0) is 35.4 Å². The summed E-state index contributed by atoms with van der Waals surface area (Å²) in [6.07, 6.45) is 1.54. The molecule has 0 amide bonds. The predicted molar refractivity (Wildman–Crippen MR) is 101 cm³/mol. The molecular weight excluding hydrogens is 329 g/mol. The van der Waals surface area contributed by atoms with Gasteiger partial charge in [-0.3, -0.25) is 4.79 Å². The van der Waals surface area contributed by atoms with E-state index in [0.29, 0.717) is 33.3 Å². The molecule has 2 aromatic carbocycles. The molecule has 26 heavy (non-hydrogen) atoms. The van der Waals surface area contributed by atoms with E-state index in [1.165, 1.54) is 12.3 Å². The Bertz CT molecular complexity index is 1150. The first-order valence-corrected chi connectivity index (χ1v) is 8.24. The lowest BCUT2D eigenvalue weighted by molar-refractivity contribution is 0.628. The van der Waals surface area contributed by atoms with Crippen LogP contribution in [-0.4, -0.2) is 9.97 Å². The summed E-state index contributed by atoms with van der Waals surface area (Å²) in [5.74, 6) is -0.387. The highest BCUT2D eigenvalue weighted by Gasteiger charge is 2.16. The normalized spacial score (nSPS) is 11.0. The fraction of sp³-hybridized carbons (Fsp3) is 0.0476. The molecule has 0 aliphatic rings. The third kappa shape index (κ3) is 2.78. The number of halogens is 1. The summed E-state index contributed by atoms with van der Waals surface area (Å²) in [6, 6.07) is 17.9. The summed E-state index contributed by atoms with van der Waals surface area (Å²) in [4.78, 5) is 19.4. The summed E-state index contributed by atoms with van der Waals surface area (Å²) in [5, 5.41) is 0.467. The van der Waals surface area contributed by atoms with Crippen molar-refractivity contribution in [3.8, 4) is 22.4 Å². The summed E-state index contributed by atoms with van der Waals surface area (Å²) in [6.45, 7) is 0.267. The van der Waals surface area contributed by atoms with E-state index < -0.39 is 0 Å². The highest BCUT2D eigenvalue weighted by molar-refractivity contribution is 5.91. The number of nitrogens with one attached hydrogen (secondary N) is 1. The smallest absolute Gasteiger partial charge is 0.257 e. The first-order valence-electron chi connectivity index (χ1n) is 8.24. The van der Waals surface area contributed by atoms with Crippen molar-refractivity contribution in [3.63, 3.8) is 0 Å². The Labute approximate surface area is 149 Å². The van der Waals surface area contributed by atoms with E-state index in [0.717, 1.165) is 5.56 Å². The standard InChI is InChI=1S/C21H16FN3O/c22-18-10-13(12-23)6-7-15(18)20-16(14-4-2-1-3-5-14)11-17-19(25-20)8-9-24-21(17)26/h1-11H,12,23H2,(H,24,26). The second kappa shape index (κ2) is 6.54. The third-order valence-electron chi connectivity index (χ3n) is 4.36. The van der Waals surface area contributed by atoms with E-state index in [-0.39, 0.29) is 17.9 Å². The topological polar surface area (TPSA) is 71.8 Å². The number of hydrogen-bond acceptors (Lipinski definition) is 3. The Balaban J connectivity index is 2.06. The monoisotopic (exact) mass is 345 g/mol. The first-order chi connectivity index (χ1) is 12.7. The van der Waals surface area contributed by atoms with Crippen molar-refractivity contribution in [1.82, 2.24) is 9.97 Å². The molecule has 0 aliphatic heterocycles. The van der Waals surface area contributed by atoms with Gasteiger partial charge in [-0.15, -0.1) is 0 Å². The van der Waals surface area contributed by atoms with Crippen LogP contribution in [0.25, 0.3) is 33.3 Å². The second-order valence-electron chi connectivity index (χ2n) is 6.01. The van der Waals surface area contributed by atoms with Crippen LogP contribution < -0.4 is 11.3 Å². The number of nitrogens with zero attached hydrogens (tertiary/aromatic N) is 1. The van der Waals surface area contributed by atoms with Crippen molar-refractivity contribution in [2.45, 2.75) is 6.54 Å². The fourth-order valence-electron chi connectivity index (χ4n) is 3.03. The van der Waals surface area contributed by atoms with Crippen LogP contribution in [0.5, 0.6) is 0 Å². The van der Waals surface area contributed by atoms with Crippen LogP contribution in [-0.2, 0) is 6.54 Å². The molecule has 0 radical (unpaired) electrons. The minimum Gasteiger partial charge on any atom is -0.328 e. The Hall–Kier alpha value is -3.31. The van der Waals surface area contributed by atoms with E-state index >= 15 is 0 Å². The molecule has 0 unspecified atom stereocenters.